The van der Waals surface area contributed by atoms with Crippen molar-refractivity contribution in [3.63, 3.8) is 0 Å². The third-order valence-corrected chi connectivity index (χ3v) is 6.50. The van der Waals surface area contributed by atoms with Crippen molar-refractivity contribution >= 4 is 16.7 Å². The Bertz CT molecular complexity index is 1070. The Morgan fingerprint density at radius 1 is 0.897 bits per heavy atom. The van der Waals surface area contributed by atoms with Gasteiger partial charge in [0.05, 0.1) is 5.56 Å². The number of aromatic hydroxyl groups is 1. The third kappa shape index (κ3) is 3.00. The lowest BCUT2D eigenvalue weighted by Gasteiger charge is -2.33. The minimum Gasteiger partial charge on any atom is -0.507 e. The molecule has 4 rings (SSSR count). The predicted octanol–water partition coefficient (Wildman–Crippen LogP) is 6.89. The minimum absolute atomic E-state index is 0.171. The average Bonchev–Trinajstić information content (AvgIpc) is 3.00. The Kier molecular flexibility index (Phi) is 5.08. The van der Waals surface area contributed by atoms with E-state index in [1.165, 1.54) is 5.56 Å². The van der Waals surface area contributed by atoms with Gasteiger partial charge in [0.1, 0.15) is 5.75 Å². The summed E-state index contributed by atoms with van der Waals surface area (Å²) in [7, 11) is 0. The first-order chi connectivity index (χ1) is 14.0. The van der Waals surface area contributed by atoms with E-state index in [1.54, 1.807) is 6.07 Å². The fourth-order valence-corrected chi connectivity index (χ4v) is 5.09. The zero-order chi connectivity index (χ0) is 20.6. The van der Waals surface area contributed by atoms with Crippen molar-refractivity contribution in [2.45, 2.75) is 57.8 Å². The standard InChI is InChI=1S/C26H28O3/c1-3-5-13-26(14-6-4-2)21-12-11-17(25(28)29)15-20(21)24-19-10-8-7-9-18(19)23(27)16-22(24)26/h7-12,15-16,27H,3-6,13-14H2,1-2H3,(H,28,29). The molecule has 0 radical (unpaired) electrons. The summed E-state index contributed by atoms with van der Waals surface area (Å²) in [5.41, 5.74) is 4.64. The van der Waals surface area contributed by atoms with Gasteiger partial charge in [0, 0.05) is 10.8 Å². The summed E-state index contributed by atoms with van der Waals surface area (Å²) < 4.78 is 0. The number of benzene rings is 3. The lowest BCUT2D eigenvalue weighted by molar-refractivity contribution is 0.0697. The molecule has 2 N–H and O–H groups in total. The van der Waals surface area contributed by atoms with Crippen molar-refractivity contribution in [3.05, 3.63) is 65.2 Å². The molecule has 1 aliphatic carbocycles. The molecule has 0 spiro atoms. The molecule has 3 nitrogen and oxygen atoms in total. The maximum Gasteiger partial charge on any atom is 0.335 e. The molecular weight excluding hydrogens is 360 g/mol. The number of unbranched alkanes of at least 4 members (excludes halogenated alkanes) is 2. The van der Waals surface area contributed by atoms with E-state index in [9.17, 15) is 15.0 Å². The predicted molar refractivity (Wildman–Crippen MR) is 118 cm³/mol. The number of carboxylic acid groups (broad SMARTS) is 1. The molecule has 0 saturated heterocycles. The van der Waals surface area contributed by atoms with Crippen molar-refractivity contribution in [1.29, 1.82) is 0 Å². The number of carboxylic acids is 1. The smallest absolute Gasteiger partial charge is 0.335 e. The number of rotatable bonds is 7. The molecule has 0 saturated carbocycles. The van der Waals surface area contributed by atoms with Gasteiger partial charge in [0.25, 0.3) is 0 Å². The molecule has 3 heteroatoms. The van der Waals surface area contributed by atoms with E-state index < -0.39 is 5.97 Å². The van der Waals surface area contributed by atoms with Crippen molar-refractivity contribution in [2.75, 3.05) is 0 Å². The average molecular weight is 389 g/mol. The fourth-order valence-electron chi connectivity index (χ4n) is 5.09. The summed E-state index contributed by atoms with van der Waals surface area (Å²) >= 11 is 0. The van der Waals surface area contributed by atoms with E-state index in [1.807, 2.05) is 42.5 Å². The van der Waals surface area contributed by atoms with Gasteiger partial charge >= 0.3 is 5.97 Å². The van der Waals surface area contributed by atoms with E-state index >= 15 is 0 Å². The van der Waals surface area contributed by atoms with Gasteiger partial charge in [-0.1, -0.05) is 69.9 Å². The van der Waals surface area contributed by atoms with Crippen molar-refractivity contribution in [1.82, 2.24) is 0 Å². The lowest BCUT2D eigenvalue weighted by Crippen LogP contribution is -2.25. The van der Waals surface area contributed by atoms with Crippen LogP contribution in [0, 0.1) is 0 Å². The molecule has 150 valence electrons. The molecule has 0 amide bonds. The van der Waals surface area contributed by atoms with Crippen molar-refractivity contribution in [2.24, 2.45) is 0 Å². The summed E-state index contributed by atoms with van der Waals surface area (Å²) in [5.74, 6) is -0.597. The molecule has 0 aromatic heterocycles. The Morgan fingerprint density at radius 3 is 2.17 bits per heavy atom. The molecule has 1 aliphatic rings. The molecule has 0 unspecified atom stereocenters. The first-order valence-electron chi connectivity index (χ1n) is 10.7. The van der Waals surface area contributed by atoms with Gasteiger partial charge in [-0.2, -0.15) is 0 Å². The van der Waals surface area contributed by atoms with Crippen LogP contribution in [0.5, 0.6) is 5.75 Å². The van der Waals surface area contributed by atoms with Gasteiger partial charge in [-0.05, 0) is 58.7 Å². The molecule has 3 aromatic rings. The maximum absolute atomic E-state index is 11.7. The summed E-state index contributed by atoms with van der Waals surface area (Å²) in [6, 6.07) is 15.4. The highest BCUT2D eigenvalue weighted by molar-refractivity contribution is 6.06. The van der Waals surface area contributed by atoms with Crippen LogP contribution in [0.2, 0.25) is 0 Å². The fraction of sp³-hybridized carbons (Fsp3) is 0.346. The van der Waals surface area contributed by atoms with Crippen LogP contribution in [0.4, 0.5) is 0 Å². The van der Waals surface area contributed by atoms with Crippen LogP contribution in [0.3, 0.4) is 0 Å². The van der Waals surface area contributed by atoms with Crippen molar-refractivity contribution < 1.29 is 15.0 Å². The van der Waals surface area contributed by atoms with Gasteiger partial charge in [0.15, 0.2) is 0 Å². The highest BCUT2D eigenvalue weighted by Crippen LogP contribution is 2.57. The SMILES string of the molecule is CCCCC1(CCCC)c2ccc(C(=O)O)cc2-c2c1cc(O)c1ccccc21. The molecule has 0 fully saturated rings. The lowest BCUT2D eigenvalue weighted by atomic mass is 9.70. The summed E-state index contributed by atoms with van der Waals surface area (Å²) in [4.78, 5) is 11.7. The normalized spacial score (nSPS) is 14.0. The largest absolute Gasteiger partial charge is 0.507 e. The summed E-state index contributed by atoms with van der Waals surface area (Å²) in [6.45, 7) is 4.41. The van der Waals surface area contributed by atoms with E-state index in [-0.39, 0.29) is 5.41 Å². The molecule has 0 bridgehead atoms. The van der Waals surface area contributed by atoms with Crippen LogP contribution in [0.15, 0.2) is 48.5 Å². The van der Waals surface area contributed by atoms with Gasteiger partial charge in [-0.15, -0.1) is 0 Å². The van der Waals surface area contributed by atoms with Gasteiger partial charge in [-0.3, -0.25) is 0 Å². The molecule has 0 heterocycles. The van der Waals surface area contributed by atoms with Crippen LogP contribution >= 0.6 is 0 Å². The second-order valence-electron chi connectivity index (χ2n) is 8.22. The van der Waals surface area contributed by atoms with E-state index in [0.29, 0.717) is 11.3 Å². The maximum atomic E-state index is 11.7. The minimum atomic E-state index is -0.906. The quantitative estimate of drug-likeness (QED) is 0.463. The van der Waals surface area contributed by atoms with Crippen LogP contribution in [-0.2, 0) is 5.41 Å². The molecule has 3 aromatic carbocycles. The van der Waals surface area contributed by atoms with E-state index in [2.05, 4.69) is 13.8 Å². The molecule has 0 aliphatic heterocycles. The molecular formula is C26H28O3. The number of carbonyl (C=O) groups is 1. The first-order valence-corrected chi connectivity index (χ1v) is 10.7. The number of hydrogen-bond acceptors (Lipinski definition) is 2. The Morgan fingerprint density at radius 2 is 1.55 bits per heavy atom. The highest BCUT2D eigenvalue weighted by atomic mass is 16.4. The second kappa shape index (κ2) is 7.55. The monoisotopic (exact) mass is 388 g/mol. The van der Waals surface area contributed by atoms with Gasteiger partial charge < -0.3 is 10.2 Å². The highest BCUT2D eigenvalue weighted by Gasteiger charge is 2.43. The van der Waals surface area contributed by atoms with Crippen LogP contribution in [-0.4, -0.2) is 16.2 Å². The zero-order valence-corrected chi connectivity index (χ0v) is 17.2. The number of hydrogen-bond donors (Lipinski definition) is 2. The molecule has 29 heavy (non-hydrogen) atoms. The third-order valence-electron chi connectivity index (χ3n) is 6.50. The first kappa shape index (κ1) is 19.5. The van der Waals surface area contributed by atoms with E-state index in [0.717, 1.165) is 66.0 Å². The summed E-state index contributed by atoms with van der Waals surface area (Å²) in [6.07, 6.45) is 6.41. The number of phenolic OH excluding ortho intramolecular Hbond substituents is 1. The number of aromatic carboxylic acids is 1. The zero-order valence-electron chi connectivity index (χ0n) is 17.2. The van der Waals surface area contributed by atoms with Crippen molar-refractivity contribution in [3.8, 4) is 16.9 Å². The van der Waals surface area contributed by atoms with Crippen LogP contribution in [0.25, 0.3) is 21.9 Å². The van der Waals surface area contributed by atoms with Crippen LogP contribution in [0.1, 0.15) is 73.9 Å². The van der Waals surface area contributed by atoms with Crippen LogP contribution < -0.4 is 0 Å². The Hall–Kier alpha value is -2.81. The molecule has 0 atom stereocenters. The summed E-state index contributed by atoms with van der Waals surface area (Å²) in [5, 5.41) is 22.3. The van der Waals surface area contributed by atoms with Gasteiger partial charge in [0.2, 0.25) is 0 Å². The number of fused-ring (bicyclic) bond motifs is 5. The second-order valence-corrected chi connectivity index (χ2v) is 8.22. The van der Waals surface area contributed by atoms with Gasteiger partial charge in [-0.25, -0.2) is 4.79 Å². The van der Waals surface area contributed by atoms with E-state index in [4.69, 9.17) is 0 Å². The Balaban J connectivity index is 2.09. The number of phenols is 1. The topological polar surface area (TPSA) is 57.5 Å². The Labute approximate surface area is 172 Å².